The first-order valence-corrected chi connectivity index (χ1v) is 21.6. The van der Waals surface area contributed by atoms with Crippen LogP contribution in [0.25, 0.3) is 0 Å². The number of ether oxygens (including phenoxy) is 3. The van der Waals surface area contributed by atoms with Crippen molar-refractivity contribution < 1.29 is 77.8 Å². The maximum atomic E-state index is 11.5. The van der Waals surface area contributed by atoms with Gasteiger partial charge in [-0.2, -0.15) is 11.8 Å². The van der Waals surface area contributed by atoms with E-state index in [1.54, 1.807) is 25.6 Å². The van der Waals surface area contributed by atoms with E-state index >= 15 is 0 Å². The highest BCUT2D eigenvalue weighted by Crippen LogP contribution is 2.04. The molecule has 0 radical (unpaired) electrons. The Hall–Kier alpha value is -5.84. The molecule has 0 saturated carbocycles. The molecule has 0 aromatic heterocycles. The fourth-order valence-corrected chi connectivity index (χ4v) is 3.86. The number of hydrogen-bond donors (Lipinski definition) is 17. The SMILES string of the molecule is CC(C)[C@H](N)C(=O)O.CSCC[C@H](N)C(=O)OC(=O)[C@@H](N)CCCN=C(N)N.C[C@@H](O)[C@H](N)C(=O)O.NC(=O)CC[C@H](N)C(=O)OC[C@H](N)C(=O)O.NCC(=O)OC(=O)[C@@H](N)CCCN=C(N)N. The Bertz CT molecular complexity index is 1560. The van der Waals surface area contributed by atoms with Gasteiger partial charge in [-0.15, -0.1) is 0 Å². The zero-order valence-electron chi connectivity index (χ0n) is 38.7. The molecule has 0 aromatic rings. The number of carbonyl (C=O) groups is 9. The van der Waals surface area contributed by atoms with Gasteiger partial charge >= 0.3 is 47.8 Å². The summed E-state index contributed by atoms with van der Waals surface area (Å²) in [6, 6.07) is -6.73. The van der Waals surface area contributed by atoms with E-state index in [9.17, 15) is 43.2 Å². The number of primary amides is 1. The molecule has 68 heavy (non-hydrogen) atoms. The fourth-order valence-electron chi connectivity index (χ4n) is 3.37. The second kappa shape index (κ2) is 42.5. The molecule has 0 heterocycles. The van der Waals surface area contributed by atoms with Crippen molar-refractivity contribution in [3.8, 4) is 0 Å². The maximum Gasteiger partial charge on any atom is 0.330 e. The second-order valence-electron chi connectivity index (χ2n) is 14.1. The number of carboxylic acid groups (broad SMARTS) is 3. The average molecular weight is 1010 g/mol. The van der Waals surface area contributed by atoms with Crippen LogP contribution in [0.2, 0.25) is 0 Å². The number of aliphatic imine (C=N–C) groups is 2. The molecule has 0 spiro atoms. The van der Waals surface area contributed by atoms with Crippen molar-refractivity contribution >= 4 is 77.3 Å². The Kier molecular flexibility index (Phi) is 44.5. The predicted molar refractivity (Wildman–Crippen MR) is 249 cm³/mol. The molecule has 30 N–H and O–H groups in total. The van der Waals surface area contributed by atoms with E-state index in [0.29, 0.717) is 45.2 Å². The molecule has 0 saturated heterocycles. The van der Waals surface area contributed by atoms with Gasteiger partial charge in [-0.1, -0.05) is 13.8 Å². The van der Waals surface area contributed by atoms with Gasteiger partial charge < -0.3 is 109 Å². The van der Waals surface area contributed by atoms with Gasteiger partial charge in [0.2, 0.25) is 5.91 Å². The number of guanidine groups is 2. The largest absolute Gasteiger partial charge is 0.480 e. The summed E-state index contributed by atoms with van der Waals surface area (Å²) < 4.78 is 13.5. The lowest BCUT2D eigenvalue weighted by molar-refractivity contribution is -0.162. The monoisotopic (exact) mass is 1010 g/mol. The lowest BCUT2D eigenvalue weighted by Gasteiger charge is -2.12. The third-order valence-corrected chi connectivity index (χ3v) is 8.24. The molecule has 0 unspecified atom stereocenters. The Labute approximate surface area is 397 Å². The molecule has 0 aliphatic carbocycles. The standard InChI is InChI=1S/C11H23N5O3S.C8H17N5O3.C8H15N3O5.C5H11NO2.C4H9NO3/c1-20-6-4-8(13)10(18)19-9(17)7(12)3-2-5-16-11(14)15;9-4-6(14)16-7(15)5(10)2-1-3-13-8(11)12;9-4(1-2-6(11)12)8(15)16-3-5(10)7(13)14;1-3(2)4(6)5(7)8;1-2(6)3(5)4(7)8/h7-8H,2-6,12-13H2,1H3,(H4,14,15,16);5H,1-4,9-10H2,(H4,11,12,13);4-5H,1-3,9-10H2,(H2,11,12)(H,13,14);3-4H,6H2,1-2H3,(H,7,8);2-3,6H,5H2,1H3,(H,7,8)/t7-,8-;5-;4-,5-;4-;2-,3+/m00001/s1. The molecular formula is C36H75N15O16S. The van der Waals surface area contributed by atoms with Gasteiger partial charge in [0.15, 0.2) is 11.9 Å². The number of aliphatic hydroxyl groups is 1. The summed E-state index contributed by atoms with van der Waals surface area (Å²) >= 11 is 1.56. The van der Waals surface area contributed by atoms with Gasteiger partial charge in [0, 0.05) is 19.5 Å². The van der Waals surface area contributed by atoms with Gasteiger partial charge in [-0.3, -0.25) is 38.8 Å². The molecule has 0 aliphatic rings. The second-order valence-corrected chi connectivity index (χ2v) is 15.1. The van der Waals surface area contributed by atoms with E-state index in [-0.39, 0.29) is 37.2 Å². The summed E-state index contributed by atoms with van der Waals surface area (Å²) in [5, 5.41) is 33.2. The van der Waals surface area contributed by atoms with E-state index in [2.05, 4.69) is 24.2 Å². The number of aliphatic hydroxyl groups excluding tert-OH is 1. The van der Waals surface area contributed by atoms with Gasteiger partial charge in [-0.25, -0.2) is 14.4 Å². The van der Waals surface area contributed by atoms with Crippen LogP contribution in [0.5, 0.6) is 0 Å². The van der Waals surface area contributed by atoms with Gasteiger partial charge in [0.1, 0.15) is 48.9 Å². The van der Waals surface area contributed by atoms with E-state index < -0.39 is 109 Å². The smallest absolute Gasteiger partial charge is 0.330 e. The number of aliphatic carboxylic acids is 3. The minimum absolute atomic E-state index is 0.0175. The van der Waals surface area contributed by atoms with Crippen LogP contribution in [-0.2, 0) is 57.4 Å². The van der Waals surface area contributed by atoms with Crippen molar-refractivity contribution in [2.24, 2.45) is 90.4 Å². The Morgan fingerprint density at radius 3 is 1.25 bits per heavy atom. The van der Waals surface area contributed by atoms with E-state index in [1.165, 1.54) is 6.92 Å². The molecule has 396 valence electrons. The summed E-state index contributed by atoms with van der Waals surface area (Å²) in [5.74, 6) is -7.19. The molecule has 0 aromatic carbocycles. The van der Waals surface area contributed by atoms with Gasteiger partial charge in [0.05, 0.1) is 12.6 Å². The van der Waals surface area contributed by atoms with Crippen LogP contribution in [0.3, 0.4) is 0 Å². The van der Waals surface area contributed by atoms with Crippen LogP contribution in [0.1, 0.15) is 65.7 Å². The quantitative estimate of drug-likeness (QED) is 0.00956. The van der Waals surface area contributed by atoms with Crippen LogP contribution in [0, 0.1) is 5.92 Å². The minimum atomic E-state index is -1.28. The van der Waals surface area contributed by atoms with Crippen molar-refractivity contribution in [3.05, 3.63) is 0 Å². The van der Waals surface area contributed by atoms with Crippen molar-refractivity contribution in [1.29, 1.82) is 0 Å². The van der Waals surface area contributed by atoms with Crippen LogP contribution >= 0.6 is 11.8 Å². The number of nitrogens with two attached hydrogens (primary N) is 13. The Morgan fingerprint density at radius 2 is 0.956 bits per heavy atom. The highest BCUT2D eigenvalue weighted by atomic mass is 32.2. The molecule has 31 nitrogen and oxygen atoms in total. The predicted octanol–water partition coefficient (Wildman–Crippen LogP) is -7.72. The first kappa shape index (κ1) is 71.2. The highest BCUT2D eigenvalue weighted by Gasteiger charge is 2.23. The third-order valence-electron chi connectivity index (χ3n) is 7.59. The number of amides is 1. The molecule has 8 atom stereocenters. The van der Waals surface area contributed by atoms with E-state index in [1.807, 2.05) is 6.26 Å². The van der Waals surface area contributed by atoms with Crippen LogP contribution in [0.15, 0.2) is 9.98 Å². The molecule has 1 amide bonds. The van der Waals surface area contributed by atoms with Crippen molar-refractivity contribution in [2.45, 2.75) is 114 Å². The molecule has 0 bridgehead atoms. The molecular weight excluding hydrogens is 931 g/mol. The normalized spacial score (nSPS) is 13.6. The van der Waals surface area contributed by atoms with Crippen LogP contribution in [-0.4, -0.2) is 173 Å². The van der Waals surface area contributed by atoms with E-state index in [4.69, 9.17) is 95.0 Å². The summed E-state index contributed by atoms with van der Waals surface area (Å²) in [7, 11) is 0. The van der Waals surface area contributed by atoms with Crippen molar-refractivity contribution in [3.63, 3.8) is 0 Å². The lowest BCUT2D eigenvalue weighted by Crippen LogP contribution is -2.39. The molecule has 0 fully saturated rings. The summed E-state index contributed by atoms with van der Waals surface area (Å²) in [6.07, 6.45) is 3.07. The Morgan fingerprint density at radius 1 is 0.559 bits per heavy atom. The zero-order valence-corrected chi connectivity index (χ0v) is 39.5. The Balaban J connectivity index is -0.000000253. The average Bonchev–Trinajstić information content (AvgIpc) is 3.25. The molecule has 0 aliphatic heterocycles. The third kappa shape index (κ3) is 45.3. The number of rotatable bonds is 26. The topological polar surface area (TPSA) is 625 Å². The van der Waals surface area contributed by atoms with Gasteiger partial charge in [-0.05, 0) is 63.4 Å². The van der Waals surface area contributed by atoms with Crippen LogP contribution < -0.4 is 74.5 Å². The summed E-state index contributed by atoms with van der Waals surface area (Å²) in [5.41, 5.74) is 67.5. The highest BCUT2D eigenvalue weighted by molar-refractivity contribution is 7.98. The number of carboxylic acids is 3. The van der Waals surface area contributed by atoms with Crippen LogP contribution in [0.4, 0.5) is 0 Å². The molecule has 32 heteroatoms. The minimum Gasteiger partial charge on any atom is -0.480 e. The van der Waals surface area contributed by atoms with Gasteiger partial charge in [0.25, 0.3) is 0 Å². The first-order valence-electron chi connectivity index (χ1n) is 20.2. The van der Waals surface area contributed by atoms with Crippen molar-refractivity contribution in [2.75, 3.05) is 38.2 Å². The lowest BCUT2D eigenvalue weighted by atomic mass is 10.1. The maximum absolute atomic E-state index is 11.5. The zero-order chi connectivity index (χ0) is 54.3. The first-order chi connectivity index (χ1) is 31.3. The number of thioether (sulfide) groups is 1. The van der Waals surface area contributed by atoms with Crippen molar-refractivity contribution in [1.82, 2.24) is 0 Å². The fraction of sp³-hybridized carbons (Fsp3) is 0.694. The molecule has 0 rings (SSSR count). The number of nitrogens with zero attached hydrogens (tertiary/aromatic N) is 2. The van der Waals surface area contributed by atoms with E-state index in [0.717, 1.165) is 5.75 Å². The number of esters is 5. The number of carbonyl (C=O) groups excluding carboxylic acids is 6. The summed E-state index contributed by atoms with van der Waals surface area (Å²) in [4.78, 5) is 104. The summed E-state index contributed by atoms with van der Waals surface area (Å²) in [6.45, 7) is 4.81. The number of hydrogen-bond acceptors (Lipinski definition) is 24.